The maximum atomic E-state index is 13.2. The summed E-state index contributed by atoms with van der Waals surface area (Å²) in [7, 11) is -3.61. The van der Waals surface area contributed by atoms with Crippen LogP contribution in [-0.4, -0.2) is 54.4 Å². The van der Waals surface area contributed by atoms with Gasteiger partial charge in [0.25, 0.3) is 0 Å². The van der Waals surface area contributed by atoms with Crippen molar-refractivity contribution in [1.29, 1.82) is 0 Å². The number of aromatic nitrogens is 1. The van der Waals surface area contributed by atoms with E-state index in [1.54, 1.807) is 17.0 Å². The van der Waals surface area contributed by atoms with Crippen LogP contribution in [0, 0.1) is 13.8 Å². The molecule has 0 spiro atoms. The normalized spacial score (nSPS) is 15.3. The van der Waals surface area contributed by atoms with Crippen LogP contribution in [0.1, 0.15) is 24.5 Å². The summed E-state index contributed by atoms with van der Waals surface area (Å²) in [6.45, 7) is 8.21. The van der Waals surface area contributed by atoms with Gasteiger partial charge < -0.3 is 14.8 Å². The molecule has 1 N–H and O–H groups in total. The van der Waals surface area contributed by atoms with Crippen LogP contribution in [0.3, 0.4) is 0 Å². The molecule has 0 saturated carbocycles. The lowest BCUT2D eigenvalue weighted by Crippen LogP contribution is -2.51. The third kappa shape index (κ3) is 4.38. The molecule has 2 heterocycles. The van der Waals surface area contributed by atoms with E-state index in [4.69, 9.17) is 0 Å². The zero-order valence-corrected chi connectivity index (χ0v) is 19.7. The number of fused-ring (bicyclic) bond motifs is 1. The quantitative estimate of drug-likeness (QED) is 0.628. The second-order valence-electron chi connectivity index (χ2n) is 8.37. The molecule has 8 heteroatoms. The van der Waals surface area contributed by atoms with E-state index in [1.165, 1.54) is 4.31 Å². The summed E-state index contributed by atoms with van der Waals surface area (Å²) in [6, 6.07) is 13.0. The number of hydrogen-bond donors (Lipinski definition) is 1. The maximum absolute atomic E-state index is 13.2. The van der Waals surface area contributed by atoms with Gasteiger partial charge in [-0.2, -0.15) is 4.31 Å². The molecule has 2 amide bonds. The van der Waals surface area contributed by atoms with Crippen molar-refractivity contribution >= 4 is 32.6 Å². The number of piperazine rings is 1. The van der Waals surface area contributed by atoms with E-state index in [-0.39, 0.29) is 19.1 Å². The lowest BCUT2D eigenvalue weighted by atomic mass is 10.1. The third-order valence-corrected chi connectivity index (χ3v) is 7.90. The van der Waals surface area contributed by atoms with Crippen LogP contribution in [0.2, 0.25) is 0 Å². The molecule has 32 heavy (non-hydrogen) atoms. The summed E-state index contributed by atoms with van der Waals surface area (Å²) in [5.74, 6) is 0. The molecule has 0 atom stereocenters. The van der Waals surface area contributed by atoms with Gasteiger partial charge in [-0.15, -0.1) is 0 Å². The van der Waals surface area contributed by atoms with Crippen LogP contribution >= 0.6 is 0 Å². The Kier molecular flexibility index (Phi) is 6.26. The average Bonchev–Trinajstić information content (AvgIpc) is 3.19. The van der Waals surface area contributed by atoms with Crippen LogP contribution in [-0.2, 0) is 16.6 Å². The van der Waals surface area contributed by atoms with E-state index in [2.05, 4.69) is 16.8 Å². The first kappa shape index (κ1) is 22.4. The highest BCUT2D eigenvalue weighted by atomic mass is 32.2. The van der Waals surface area contributed by atoms with E-state index in [1.807, 2.05) is 50.4 Å². The smallest absolute Gasteiger partial charge is 0.321 e. The topological polar surface area (TPSA) is 74.7 Å². The van der Waals surface area contributed by atoms with Crippen LogP contribution in [0.25, 0.3) is 10.9 Å². The van der Waals surface area contributed by atoms with Crippen molar-refractivity contribution in [2.24, 2.45) is 0 Å². The van der Waals surface area contributed by atoms with Crippen LogP contribution in [0.15, 0.2) is 53.6 Å². The molecule has 1 aromatic heterocycles. The molecule has 1 aliphatic heterocycles. The van der Waals surface area contributed by atoms with E-state index >= 15 is 0 Å². The number of nitrogens with one attached hydrogen (secondary N) is 1. The highest BCUT2D eigenvalue weighted by molar-refractivity contribution is 7.89. The lowest BCUT2D eigenvalue weighted by Gasteiger charge is -2.34. The van der Waals surface area contributed by atoms with Crippen molar-refractivity contribution in [2.75, 3.05) is 31.5 Å². The minimum Gasteiger partial charge on any atom is -0.347 e. The molecule has 0 aliphatic carbocycles. The van der Waals surface area contributed by atoms with Gasteiger partial charge in [0, 0.05) is 55.5 Å². The fraction of sp³-hybridized carbons (Fsp3) is 0.375. The van der Waals surface area contributed by atoms with Crippen LogP contribution in [0.4, 0.5) is 10.5 Å². The molecule has 0 radical (unpaired) electrons. The SMILES string of the molecule is CCCn1ccc2cc(S(=O)(=O)N3CCN(C(=O)Nc4cc(C)ccc4C)CC3)ccc21. The first-order valence-electron chi connectivity index (χ1n) is 11.0. The molecule has 1 aliphatic rings. The third-order valence-electron chi connectivity index (χ3n) is 6.01. The Morgan fingerprint density at radius 1 is 1.00 bits per heavy atom. The minimum atomic E-state index is -3.61. The van der Waals surface area contributed by atoms with E-state index in [9.17, 15) is 13.2 Å². The number of carbonyl (C=O) groups excluding carboxylic acids is 1. The van der Waals surface area contributed by atoms with Gasteiger partial charge in [0.05, 0.1) is 4.90 Å². The number of benzene rings is 2. The molecule has 7 nitrogen and oxygen atoms in total. The van der Waals surface area contributed by atoms with E-state index in [0.29, 0.717) is 18.0 Å². The standard InChI is InChI=1S/C24H30N4O3S/c1-4-10-26-11-9-20-17-21(7-8-23(20)26)32(30,31)28-14-12-27(13-15-28)24(29)25-22-16-18(2)5-6-19(22)3/h5-9,11,16-17H,4,10,12-15H2,1-3H3,(H,25,29). The minimum absolute atomic E-state index is 0.200. The summed E-state index contributed by atoms with van der Waals surface area (Å²) in [4.78, 5) is 14.7. The summed E-state index contributed by atoms with van der Waals surface area (Å²) in [5.41, 5.74) is 3.89. The molecule has 0 bridgehead atoms. The Balaban J connectivity index is 1.43. The van der Waals surface area contributed by atoms with Gasteiger partial charge in [-0.3, -0.25) is 0 Å². The van der Waals surface area contributed by atoms with Gasteiger partial charge in [-0.05, 0) is 61.7 Å². The van der Waals surface area contributed by atoms with Crippen molar-refractivity contribution < 1.29 is 13.2 Å². The second-order valence-corrected chi connectivity index (χ2v) is 10.3. The largest absolute Gasteiger partial charge is 0.347 e. The number of nitrogens with zero attached hydrogens (tertiary/aromatic N) is 3. The zero-order chi connectivity index (χ0) is 22.9. The van der Waals surface area contributed by atoms with Gasteiger partial charge >= 0.3 is 6.03 Å². The number of carbonyl (C=O) groups is 1. The fourth-order valence-electron chi connectivity index (χ4n) is 4.12. The molecule has 4 rings (SSSR count). The highest BCUT2D eigenvalue weighted by Crippen LogP contribution is 2.24. The van der Waals surface area contributed by atoms with Crippen LogP contribution in [0.5, 0.6) is 0 Å². The predicted octanol–water partition coefficient (Wildman–Crippen LogP) is 4.21. The van der Waals surface area contributed by atoms with Crippen molar-refractivity contribution in [3.05, 3.63) is 59.8 Å². The molecule has 1 saturated heterocycles. The average molecular weight is 455 g/mol. The summed E-state index contributed by atoms with van der Waals surface area (Å²) in [5, 5.41) is 3.88. The van der Waals surface area contributed by atoms with Crippen molar-refractivity contribution in [1.82, 2.24) is 13.8 Å². The maximum Gasteiger partial charge on any atom is 0.321 e. The van der Waals surface area contributed by atoms with Crippen LogP contribution < -0.4 is 5.32 Å². The number of sulfonamides is 1. The Bertz CT molecular complexity index is 1240. The van der Waals surface area contributed by atoms with E-state index in [0.717, 1.165) is 40.7 Å². The number of amides is 2. The van der Waals surface area contributed by atoms with Crippen molar-refractivity contribution in [2.45, 2.75) is 38.6 Å². The van der Waals surface area contributed by atoms with Gasteiger partial charge in [-0.1, -0.05) is 19.1 Å². The molecule has 0 unspecified atom stereocenters. The number of rotatable bonds is 5. The Morgan fingerprint density at radius 2 is 1.75 bits per heavy atom. The number of aryl methyl sites for hydroxylation is 3. The van der Waals surface area contributed by atoms with Gasteiger partial charge in [0.1, 0.15) is 0 Å². The summed E-state index contributed by atoms with van der Waals surface area (Å²) >= 11 is 0. The monoisotopic (exact) mass is 454 g/mol. The summed E-state index contributed by atoms with van der Waals surface area (Å²) < 4.78 is 30.0. The highest BCUT2D eigenvalue weighted by Gasteiger charge is 2.30. The molecule has 1 fully saturated rings. The first-order valence-corrected chi connectivity index (χ1v) is 12.5. The van der Waals surface area contributed by atoms with Gasteiger partial charge in [-0.25, -0.2) is 13.2 Å². The second kappa shape index (κ2) is 8.96. The fourth-order valence-corrected chi connectivity index (χ4v) is 5.58. The Morgan fingerprint density at radius 3 is 2.47 bits per heavy atom. The molecule has 170 valence electrons. The number of hydrogen-bond acceptors (Lipinski definition) is 3. The van der Waals surface area contributed by atoms with Crippen molar-refractivity contribution in [3.8, 4) is 0 Å². The van der Waals surface area contributed by atoms with Gasteiger partial charge in [0.2, 0.25) is 10.0 Å². The van der Waals surface area contributed by atoms with Crippen molar-refractivity contribution in [3.63, 3.8) is 0 Å². The molecular weight excluding hydrogens is 424 g/mol. The first-order chi connectivity index (χ1) is 15.3. The Hall–Kier alpha value is -2.84. The number of urea groups is 1. The summed E-state index contributed by atoms with van der Waals surface area (Å²) in [6.07, 6.45) is 3.02. The molecular formula is C24H30N4O3S. The zero-order valence-electron chi connectivity index (χ0n) is 18.8. The number of anilines is 1. The van der Waals surface area contributed by atoms with E-state index < -0.39 is 10.0 Å². The lowest BCUT2D eigenvalue weighted by molar-refractivity contribution is 0.184. The molecule has 2 aromatic carbocycles. The Labute approximate surface area is 189 Å². The molecule has 3 aromatic rings. The van der Waals surface area contributed by atoms with Gasteiger partial charge in [0.15, 0.2) is 0 Å². The predicted molar refractivity (Wildman–Crippen MR) is 127 cm³/mol.